The smallest absolute Gasteiger partial charge is 0.282 e. The summed E-state index contributed by atoms with van der Waals surface area (Å²) in [5.74, 6) is 1.24. The number of carbonyl (C=O) groups excluding carboxylic acids is 1. The molecule has 102 valence electrons. The minimum absolute atomic E-state index is 0.0354. The number of nitrogens with zero attached hydrogens (tertiary/aromatic N) is 1. The summed E-state index contributed by atoms with van der Waals surface area (Å²) in [5, 5.41) is 23.0. The van der Waals surface area contributed by atoms with E-state index in [0.717, 1.165) is 36.5 Å². The standard InChI is InChI=1S/C12H14N2O4S/c15-9-3-4-11(14(17)18)10(6-9)12(16)13-8-2-1-5-19-7-8/h3-4,6,8,15H,1-2,5,7H2,(H,13,16). The lowest BCUT2D eigenvalue weighted by molar-refractivity contribution is -0.385. The van der Waals surface area contributed by atoms with Gasteiger partial charge in [0.05, 0.1) is 4.92 Å². The summed E-state index contributed by atoms with van der Waals surface area (Å²) in [5.41, 5.74) is -0.390. The van der Waals surface area contributed by atoms with E-state index in [-0.39, 0.29) is 23.0 Å². The van der Waals surface area contributed by atoms with E-state index in [0.29, 0.717) is 0 Å². The fraction of sp³-hybridized carbons (Fsp3) is 0.417. The number of nitro benzene ring substituents is 1. The Morgan fingerprint density at radius 1 is 1.53 bits per heavy atom. The van der Waals surface area contributed by atoms with Crippen molar-refractivity contribution in [3.8, 4) is 5.75 Å². The second-order valence-electron chi connectivity index (χ2n) is 4.35. The van der Waals surface area contributed by atoms with Crippen molar-refractivity contribution in [3.63, 3.8) is 0 Å². The maximum atomic E-state index is 12.1. The molecule has 6 nitrogen and oxygen atoms in total. The molecule has 1 aromatic rings. The number of rotatable bonds is 3. The molecule has 1 amide bonds. The molecule has 1 aromatic carbocycles. The number of carbonyl (C=O) groups is 1. The van der Waals surface area contributed by atoms with Gasteiger partial charge in [0.2, 0.25) is 0 Å². The van der Waals surface area contributed by atoms with Gasteiger partial charge >= 0.3 is 0 Å². The van der Waals surface area contributed by atoms with Crippen LogP contribution in [0.3, 0.4) is 0 Å². The fourth-order valence-electron chi connectivity index (χ4n) is 1.98. The van der Waals surface area contributed by atoms with Crippen molar-refractivity contribution in [3.05, 3.63) is 33.9 Å². The Morgan fingerprint density at radius 3 is 2.95 bits per heavy atom. The summed E-state index contributed by atoms with van der Waals surface area (Å²) in [6.45, 7) is 0. The number of phenols is 1. The first-order valence-electron chi connectivity index (χ1n) is 5.94. The lowest BCUT2D eigenvalue weighted by atomic mass is 10.1. The second-order valence-corrected chi connectivity index (χ2v) is 5.50. The lowest BCUT2D eigenvalue weighted by Gasteiger charge is -2.22. The molecule has 2 N–H and O–H groups in total. The van der Waals surface area contributed by atoms with E-state index >= 15 is 0 Å². The van der Waals surface area contributed by atoms with Gasteiger partial charge in [0.25, 0.3) is 11.6 Å². The van der Waals surface area contributed by atoms with Crippen molar-refractivity contribution in [2.24, 2.45) is 0 Å². The number of hydrogen-bond acceptors (Lipinski definition) is 5. The van der Waals surface area contributed by atoms with Gasteiger partial charge in [-0.2, -0.15) is 11.8 Å². The maximum Gasteiger partial charge on any atom is 0.282 e. The monoisotopic (exact) mass is 282 g/mol. The molecule has 0 saturated carbocycles. The SMILES string of the molecule is O=C(NC1CCCSC1)c1cc(O)ccc1[N+](=O)[O-]. The Labute approximate surface area is 114 Å². The number of thioether (sulfide) groups is 1. The lowest BCUT2D eigenvalue weighted by Crippen LogP contribution is -2.38. The molecular weight excluding hydrogens is 268 g/mol. The highest BCUT2D eigenvalue weighted by atomic mass is 32.2. The van der Waals surface area contributed by atoms with Crippen molar-refractivity contribution in [2.75, 3.05) is 11.5 Å². The number of phenolic OH excluding ortho intramolecular Hbond substituents is 1. The molecule has 19 heavy (non-hydrogen) atoms. The largest absolute Gasteiger partial charge is 0.508 e. The molecule has 7 heteroatoms. The molecule has 0 aliphatic carbocycles. The summed E-state index contributed by atoms with van der Waals surface area (Å²) in [4.78, 5) is 22.3. The molecule has 1 aliphatic heterocycles. The van der Waals surface area contributed by atoms with Gasteiger partial charge in [-0.05, 0) is 30.7 Å². The van der Waals surface area contributed by atoms with Crippen LogP contribution in [-0.4, -0.2) is 33.5 Å². The number of amides is 1. The molecular formula is C12H14N2O4S. The highest BCUT2D eigenvalue weighted by Gasteiger charge is 2.23. The molecule has 1 atom stereocenters. The number of nitrogens with one attached hydrogen (secondary N) is 1. The second kappa shape index (κ2) is 5.92. The molecule has 2 rings (SSSR count). The molecule has 1 heterocycles. The molecule has 1 unspecified atom stereocenters. The topological polar surface area (TPSA) is 92.5 Å². The first kappa shape index (κ1) is 13.7. The minimum atomic E-state index is -0.621. The van der Waals surface area contributed by atoms with Crippen LogP contribution < -0.4 is 5.32 Å². The van der Waals surface area contributed by atoms with Crippen LogP contribution in [0.1, 0.15) is 23.2 Å². The molecule has 0 aromatic heterocycles. The Morgan fingerprint density at radius 2 is 2.32 bits per heavy atom. The van der Waals surface area contributed by atoms with Gasteiger partial charge in [-0.15, -0.1) is 0 Å². The first-order valence-corrected chi connectivity index (χ1v) is 7.09. The summed E-state index contributed by atoms with van der Waals surface area (Å²) in [7, 11) is 0. The third-order valence-electron chi connectivity index (χ3n) is 2.92. The quantitative estimate of drug-likeness (QED) is 0.652. The zero-order valence-electron chi connectivity index (χ0n) is 10.2. The molecule has 1 fully saturated rings. The first-order chi connectivity index (χ1) is 9.08. The van der Waals surface area contributed by atoms with Gasteiger partial charge < -0.3 is 10.4 Å². The van der Waals surface area contributed by atoms with Gasteiger partial charge in [0, 0.05) is 17.9 Å². The number of benzene rings is 1. The Bertz CT molecular complexity index is 501. The van der Waals surface area contributed by atoms with Gasteiger partial charge in [-0.25, -0.2) is 0 Å². The van der Waals surface area contributed by atoms with E-state index in [9.17, 15) is 20.0 Å². The van der Waals surface area contributed by atoms with E-state index in [1.165, 1.54) is 6.07 Å². The van der Waals surface area contributed by atoms with Crippen LogP contribution in [0.2, 0.25) is 0 Å². The fourth-order valence-corrected chi connectivity index (χ4v) is 3.05. The highest BCUT2D eigenvalue weighted by Crippen LogP contribution is 2.24. The van der Waals surface area contributed by atoms with Gasteiger partial charge in [-0.3, -0.25) is 14.9 Å². The van der Waals surface area contributed by atoms with Crippen LogP contribution in [0.15, 0.2) is 18.2 Å². The van der Waals surface area contributed by atoms with Crippen LogP contribution in [0.4, 0.5) is 5.69 Å². The van der Waals surface area contributed by atoms with Crippen molar-refractivity contribution in [1.29, 1.82) is 0 Å². The Balaban J connectivity index is 2.17. The Kier molecular flexibility index (Phi) is 4.26. The van der Waals surface area contributed by atoms with Crippen molar-refractivity contribution in [2.45, 2.75) is 18.9 Å². The van der Waals surface area contributed by atoms with Crippen LogP contribution in [-0.2, 0) is 0 Å². The van der Waals surface area contributed by atoms with Gasteiger partial charge in [0.15, 0.2) is 0 Å². The van der Waals surface area contributed by atoms with Crippen LogP contribution in [0.25, 0.3) is 0 Å². The summed E-state index contributed by atoms with van der Waals surface area (Å²) in [6.07, 6.45) is 1.91. The van der Waals surface area contributed by atoms with Crippen LogP contribution in [0, 0.1) is 10.1 Å². The summed E-state index contributed by atoms with van der Waals surface area (Å²) in [6, 6.07) is 3.50. The molecule has 1 aliphatic rings. The van der Waals surface area contributed by atoms with Crippen LogP contribution >= 0.6 is 11.8 Å². The number of aromatic hydroxyl groups is 1. The van der Waals surface area contributed by atoms with Crippen molar-refractivity contribution in [1.82, 2.24) is 5.32 Å². The molecule has 0 spiro atoms. The van der Waals surface area contributed by atoms with Gasteiger partial charge in [0.1, 0.15) is 11.3 Å². The number of hydrogen-bond donors (Lipinski definition) is 2. The van der Waals surface area contributed by atoms with Crippen molar-refractivity contribution >= 4 is 23.4 Å². The van der Waals surface area contributed by atoms with E-state index in [1.54, 1.807) is 11.8 Å². The zero-order chi connectivity index (χ0) is 13.8. The predicted octanol–water partition coefficient (Wildman–Crippen LogP) is 1.93. The highest BCUT2D eigenvalue weighted by molar-refractivity contribution is 7.99. The molecule has 1 saturated heterocycles. The van der Waals surface area contributed by atoms with Crippen LogP contribution in [0.5, 0.6) is 5.75 Å². The molecule has 0 radical (unpaired) electrons. The third kappa shape index (κ3) is 3.37. The molecule has 0 bridgehead atoms. The average Bonchev–Trinajstić information content (AvgIpc) is 2.39. The zero-order valence-corrected chi connectivity index (χ0v) is 11.0. The summed E-state index contributed by atoms with van der Waals surface area (Å²) < 4.78 is 0. The number of nitro groups is 1. The Hall–Kier alpha value is -1.76. The average molecular weight is 282 g/mol. The predicted molar refractivity (Wildman–Crippen MR) is 72.6 cm³/mol. The van der Waals surface area contributed by atoms with E-state index in [4.69, 9.17) is 0 Å². The maximum absolute atomic E-state index is 12.1. The van der Waals surface area contributed by atoms with E-state index in [2.05, 4.69) is 5.32 Å². The van der Waals surface area contributed by atoms with E-state index < -0.39 is 10.8 Å². The normalized spacial score (nSPS) is 18.8. The van der Waals surface area contributed by atoms with Crippen molar-refractivity contribution < 1.29 is 14.8 Å². The van der Waals surface area contributed by atoms with Gasteiger partial charge in [-0.1, -0.05) is 0 Å². The minimum Gasteiger partial charge on any atom is -0.508 e. The van der Waals surface area contributed by atoms with E-state index in [1.807, 2.05) is 0 Å². The third-order valence-corrected chi connectivity index (χ3v) is 4.13. The summed E-state index contributed by atoms with van der Waals surface area (Å²) >= 11 is 1.76.